The number of benzene rings is 1. The van der Waals surface area contributed by atoms with Crippen LogP contribution in [-0.4, -0.2) is 17.8 Å². The highest BCUT2D eigenvalue weighted by Gasteiger charge is 2.07. The van der Waals surface area contributed by atoms with Gasteiger partial charge in [-0.25, -0.2) is 0 Å². The summed E-state index contributed by atoms with van der Waals surface area (Å²) in [5, 5.41) is 2.79. The molecular weight excluding hydrogens is 198 g/mol. The summed E-state index contributed by atoms with van der Waals surface area (Å²) in [4.78, 5) is 11.6. The average molecular weight is 212 g/mol. The molecule has 1 rings (SSSR count). The van der Waals surface area contributed by atoms with Crippen molar-refractivity contribution < 1.29 is 4.79 Å². The van der Waals surface area contributed by atoms with Gasteiger partial charge in [-0.2, -0.15) is 0 Å². The molecule has 76 valence electrons. The maximum absolute atomic E-state index is 11.6. The first-order chi connectivity index (χ1) is 6.63. The first kappa shape index (κ1) is 11.1. The minimum Gasteiger partial charge on any atom is -0.348 e. The molecule has 0 aliphatic heterocycles. The van der Waals surface area contributed by atoms with Crippen LogP contribution in [0.2, 0.25) is 0 Å². The first-order valence-electron chi connectivity index (χ1n) is 4.57. The second-order valence-electron chi connectivity index (χ2n) is 3.39. The average Bonchev–Trinajstić information content (AvgIpc) is 2.18. The number of alkyl halides is 1. The molecule has 0 saturated heterocycles. The Hall–Kier alpha value is -1.02. The van der Waals surface area contributed by atoms with Crippen LogP contribution in [0.5, 0.6) is 0 Å². The molecule has 14 heavy (non-hydrogen) atoms. The molecule has 0 fully saturated rings. The second kappa shape index (κ2) is 5.01. The summed E-state index contributed by atoms with van der Waals surface area (Å²) in [6.07, 6.45) is 0. The third-order valence-electron chi connectivity index (χ3n) is 1.92. The van der Waals surface area contributed by atoms with Crippen molar-refractivity contribution in [3.63, 3.8) is 0 Å². The largest absolute Gasteiger partial charge is 0.348 e. The summed E-state index contributed by atoms with van der Waals surface area (Å²) in [5.41, 5.74) is 1.82. The monoisotopic (exact) mass is 211 g/mol. The van der Waals surface area contributed by atoms with Gasteiger partial charge in [0.15, 0.2) is 0 Å². The normalized spacial score (nSPS) is 12.2. The van der Waals surface area contributed by atoms with Crippen LogP contribution in [0, 0.1) is 6.92 Å². The zero-order chi connectivity index (χ0) is 10.6. The van der Waals surface area contributed by atoms with Crippen molar-refractivity contribution in [2.45, 2.75) is 19.9 Å². The van der Waals surface area contributed by atoms with Crippen molar-refractivity contribution in [2.75, 3.05) is 5.88 Å². The van der Waals surface area contributed by atoms with Gasteiger partial charge in [0.25, 0.3) is 5.91 Å². The summed E-state index contributed by atoms with van der Waals surface area (Å²) in [6.45, 7) is 3.86. The van der Waals surface area contributed by atoms with Gasteiger partial charge in [0.2, 0.25) is 0 Å². The molecule has 3 heteroatoms. The Balaban J connectivity index is 2.65. The molecule has 0 saturated carbocycles. The van der Waals surface area contributed by atoms with E-state index in [-0.39, 0.29) is 11.9 Å². The number of hydrogen-bond donors (Lipinski definition) is 1. The Labute approximate surface area is 89.3 Å². The third-order valence-corrected chi connectivity index (χ3v) is 2.39. The van der Waals surface area contributed by atoms with Gasteiger partial charge < -0.3 is 5.32 Å². The third kappa shape index (κ3) is 3.04. The molecule has 1 aromatic rings. The first-order valence-corrected chi connectivity index (χ1v) is 5.10. The predicted octanol–water partition coefficient (Wildman–Crippen LogP) is 2.35. The fraction of sp³-hybridized carbons (Fsp3) is 0.364. The Morgan fingerprint density at radius 3 is 2.50 bits per heavy atom. The Morgan fingerprint density at radius 1 is 1.43 bits per heavy atom. The van der Waals surface area contributed by atoms with Gasteiger partial charge >= 0.3 is 0 Å². The standard InChI is InChI=1S/C11H14ClNO/c1-8-3-5-10(6-4-8)11(14)13-9(2)7-12/h3-6,9H,7H2,1-2H3,(H,13,14). The zero-order valence-electron chi connectivity index (χ0n) is 8.38. The van der Waals surface area contributed by atoms with Gasteiger partial charge in [-0.1, -0.05) is 17.7 Å². The molecule has 1 aromatic carbocycles. The van der Waals surface area contributed by atoms with Crippen LogP contribution >= 0.6 is 11.6 Å². The summed E-state index contributed by atoms with van der Waals surface area (Å²) in [7, 11) is 0. The van der Waals surface area contributed by atoms with Crippen molar-refractivity contribution in [3.8, 4) is 0 Å². The minimum absolute atomic E-state index is 0.00506. The summed E-state index contributed by atoms with van der Waals surface area (Å²) in [5.74, 6) is 0.357. The van der Waals surface area contributed by atoms with E-state index in [0.717, 1.165) is 5.56 Å². The van der Waals surface area contributed by atoms with Crippen LogP contribution in [-0.2, 0) is 0 Å². The molecule has 1 unspecified atom stereocenters. The number of nitrogens with one attached hydrogen (secondary N) is 1. The van der Waals surface area contributed by atoms with Gasteiger partial charge in [-0.15, -0.1) is 11.6 Å². The fourth-order valence-corrected chi connectivity index (χ4v) is 1.13. The van der Waals surface area contributed by atoms with Crippen molar-refractivity contribution in [1.82, 2.24) is 5.32 Å². The van der Waals surface area contributed by atoms with Gasteiger partial charge in [-0.05, 0) is 26.0 Å². The van der Waals surface area contributed by atoms with E-state index in [1.165, 1.54) is 0 Å². The predicted molar refractivity (Wildman–Crippen MR) is 58.8 cm³/mol. The molecular formula is C11H14ClNO. The topological polar surface area (TPSA) is 29.1 Å². The van der Waals surface area contributed by atoms with Crippen molar-refractivity contribution >= 4 is 17.5 Å². The lowest BCUT2D eigenvalue weighted by atomic mass is 10.1. The van der Waals surface area contributed by atoms with E-state index in [2.05, 4.69) is 5.32 Å². The van der Waals surface area contributed by atoms with Gasteiger partial charge in [0.1, 0.15) is 0 Å². The van der Waals surface area contributed by atoms with Gasteiger partial charge in [-0.3, -0.25) is 4.79 Å². The molecule has 0 aromatic heterocycles. The molecule has 0 aliphatic carbocycles. The number of carbonyl (C=O) groups excluding carboxylic acids is 1. The summed E-state index contributed by atoms with van der Waals surface area (Å²) < 4.78 is 0. The van der Waals surface area contributed by atoms with Crippen LogP contribution in [0.15, 0.2) is 24.3 Å². The molecule has 1 amide bonds. The Kier molecular flexibility index (Phi) is 3.96. The summed E-state index contributed by atoms with van der Waals surface area (Å²) in [6, 6.07) is 7.46. The lowest BCUT2D eigenvalue weighted by molar-refractivity contribution is 0.0943. The number of aryl methyl sites for hydroxylation is 1. The molecule has 0 radical (unpaired) electrons. The van der Waals surface area contributed by atoms with Crippen molar-refractivity contribution in [1.29, 1.82) is 0 Å². The van der Waals surface area contributed by atoms with E-state index in [1.54, 1.807) is 0 Å². The molecule has 1 atom stereocenters. The SMILES string of the molecule is Cc1ccc(C(=O)NC(C)CCl)cc1. The smallest absolute Gasteiger partial charge is 0.251 e. The highest BCUT2D eigenvalue weighted by Crippen LogP contribution is 2.03. The molecule has 0 aliphatic rings. The fourth-order valence-electron chi connectivity index (χ4n) is 1.05. The van der Waals surface area contributed by atoms with E-state index >= 15 is 0 Å². The van der Waals surface area contributed by atoms with E-state index in [4.69, 9.17) is 11.6 Å². The molecule has 0 heterocycles. The van der Waals surface area contributed by atoms with E-state index in [0.29, 0.717) is 11.4 Å². The number of rotatable bonds is 3. The van der Waals surface area contributed by atoms with Crippen LogP contribution in [0.4, 0.5) is 0 Å². The number of halogens is 1. The molecule has 0 spiro atoms. The summed E-state index contributed by atoms with van der Waals surface area (Å²) >= 11 is 5.59. The molecule has 0 bridgehead atoms. The van der Waals surface area contributed by atoms with Gasteiger partial charge in [0, 0.05) is 17.5 Å². The lowest BCUT2D eigenvalue weighted by Crippen LogP contribution is -2.33. The molecule has 1 N–H and O–H groups in total. The maximum atomic E-state index is 11.6. The van der Waals surface area contributed by atoms with Crippen LogP contribution in [0.3, 0.4) is 0 Å². The highest BCUT2D eigenvalue weighted by molar-refractivity contribution is 6.18. The Morgan fingerprint density at radius 2 is 2.00 bits per heavy atom. The number of hydrogen-bond acceptors (Lipinski definition) is 1. The lowest BCUT2D eigenvalue weighted by Gasteiger charge is -2.10. The van der Waals surface area contributed by atoms with E-state index < -0.39 is 0 Å². The van der Waals surface area contributed by atoms with Crippen LogP contribution < -0.4 is 5.32 Å². The van der Waals surface area contributed by atoms with E-state index in [9.17, 15) is 4.79 Å². The van der Waals surface area contributed by atoms with Crippen molar-refractivity contribution in [2.24, 2.45) is 0 Å². The highest BCUT2D eigenvalue weighted by atomic mass is 35.5. The maximum Gasteiger partial charge on any atom is 0.251 e. The number of amides is 1. The zero-order valence-corrected chi connectivity index (χ0v) is 9.14. The molecule has 2 nitrogen and oxygen atoms in total. The van der Waals surface area contributed by atoms with Crippen LogP contribution in [0.1, 0.15) is 22.8 Å². The van der Waals surface area contributed by atoms with E-state index in [1.807, 2.05) is 38.1 Å². The quantitative estimate of drug-likeness (QED) is 0.765. The van der Waals surface area contributed by atoms with Crippen LogP contribution in [0.25, 0.3) is 0 Å². The minimum atomic E-state index is -0.0712. The second-order valence-corrected chi connectivity index (χ2v) is 3.70. The van der Waals surface area contributed by atoms with Crippen molar-refractivity contribution in [3.05, 3.63) is 35.4 Å². The number of carbonyl (C=O) groups is 1. The Bertz CT molecular complexity index is 308. The van der Waals surface area contributed by atoms with Gasteiger partial charge in [0.05, 0.1) is 0 Å².